The van der Waals surface area contributed by atoms with E-state index in [0.717, 1.165) is 11.8 Å². The van der Waals surface area contributed by atoms with Gasteiger partial charge in [0.25, 0.3) is 0 Å². The summed E-state index contributed by atoms with van der Waals surface area (Å²) in [5, 5.41) is 13.7. The Morgan fingerprint density at radius 3 is 2.74 bits per heavy atom. The average Bonchev–Trinajstić information content (AvgIpc) is 2.27. The van der Waals surface area contributed by atoms with Crippen LogP contribution in [0.2, 0.25) is 0 Å². The summed E-state index contributed by atoms with van der Waals surface area (Å²) in [6.07, 6.45) is 0. The highest BCUT2D eigenvalue weighted by Crippen LogP contribution is 2.18. The highest BCUT2D eigenvalue weighted by atomic mass is 32.2. The smallest absolute Gasteiger partial charge is 0.337 e. The molecule has 7 nitrogen and oxygen atoms in total. The van der Waals surface area contributed by atoms with E-state index in [1.165, 1.54) is 0 Å². The van der Waals surface area contributed by atoms with Gasteiger partial charge in [0.15, 0.2) is 0 Å². The summed E-state index contributed by atoms with van der Waals surface area (Å²) in [5.41, 5.74) is 0.736. The van der Waals surface area contributed by atoms with E-state index in [4.69, 9.17) is 9.84 Å². The number of carboxylic acids is 1. The van der Waals surface area contributed by atoms with Crippen molar-refractivity contribution in [2.24, 2.45) is 0 Å². The normalized spacial score (nSPS) is 18.6. The number of rotatable bonds is 6. The summed E-state index contributed by atoms with van der Waals surface area (Å²) < 4.78 is 4.93. The fourth-order valence-corrected chi connectivity index (χ4v) is 2.34. The molecule has 0 aromatic carbocycles. The van der Waals surface area contributed by atoms with E-state index in [1.54, 1.807) is 13.8 Å². The van der Waals surface area contributed by atoms with Crippen molar-refractivity contribution in [2.75, 3.05) is 18.1 Å². The maximum Gasteiger partial charge on any atom is 0.337 e. The first-order chi connectivity index (χ1) is 8.95. The van der Waals surface area contributed by atoms with E-state index in [1.807, 2.05) is 0 Å². The van der Waals surface area contributed by atoms with Gasteiger partial charge in [-0.15, -0.1) is 11.8 Å². The Kier molecular flexibility index (Phi) is 5.68. The Balaban J connectivity index is 2.86. The van der Waals surface area contributed by atoms with Crippen LogP contribution in [0.25, 0.3) is 0 Å². The molecule has 0 saturated heterocycles. The first kappa shape index (κ1) is 15.4. The zero-order chi connectivity index (χ0) is 14.4. The van der Waals surface area contributed by atoms with Crippen LogP contribution in [-0.2, 0) is 14.3 Å². The molecule has 0 aromatic heterocycles. The van der Waals surface area contributed by atoms with Crippen molar-refractivity contribution in [2.45, 2.75) is 19.9 Å². The maximum absolute atomic E-state index is 11.8. The summed E-state index contributed by atoms with van der Waals surface area (Å²) in [7, 11) is 0. The first-order valence-corrected chi connectivity index (χ1v) is 6.88. The minimum absolute atomic E-state index is 0.0999. The highest BCUT2D eigenvalue weighted by Gasteiger charge is 2.29. The van der Waals surface area contributed by atoms with E-state index >= 15 is 0 Å². The van der Waals surface area contributed by atoms with Gasteiger partial charge in [-0.05, 0) is 13.8 Å². The van der Waals surface area contributed by atoms with Crippen LogP contribution in [0.4, 0.5) is 4.79 Å². The Morgan fingerprint density at radius 1 is 1.47 bits per heavy atom. The molecule has 1 aliphatic heterocycles. The third kappa shape index (κ3) is 4.47. The molecule has 8 heteroatoms. The van der Waals surface area contributed by atoms with Crippen molar-refractivity contribution in [3.05, 3.63) is 11.3 Å². The van der Waals surface area contributed by atoms with Crippen molar-refractivity contribution < 1.29 is 24.2 Å². The zero-order valence-electron chi connectivity index (χ0n) is 10.7. The summed E-state index contributed by atoms with van der Waals surface area (Å²) in [5.74, 6) is -1.32. The molecule has 0 radical (unpaired) electrons. The van der Waals surface area contributed by atoms with Crippen molar-refractivity contribution in [1.82, 2.24) is 10.6 Å². The van der Waals surface area contributed by atoms with Gasteiger partial charge in [0.1, 0.15) is 0 Å². The molecule has 3 N–H and O–H groups in total. The molecule has 0 spiro atoms. The van der Waals surface area contributed by atoms with Crippen LogP contribution in [0.15, 0.2) is 11.3 Å². The van der Waals surface area contributed by atoms with Gasteiger partial charge in [-0.2, -0.15) is 0 Å². The Bertz CT molecular complexity index is 421. The lowest BCUT2D eigenvalue weighted by atomic mass is 10.1. The van der Waals surface area contributed by atoms with Crippen LogP contribution in [0, 0.1) is 0 Å². The maximum atomic E-state index is 11.8. The van der Waals surface area contributed by atoms with Gasteiger partial charge in [0, 0.05) is 11.4 Å². The van der Waals surface area contributed by atoms with Gasteiger partial charge >= 0.3 is 18.0 Å². The molecule has 1 rings (SSSR count). The fourth-order valence-electron chi connectivity index (χ4n) is 1.63. The second-order valence-corrected chi connectivity index (χ2v) is 4.80. The van der Waals surface area contributed by atoms with Gasteiger partial charge < -0.3 is 20.5 Å². The quantitative estimate of drug-likeness (QED) is 0.608. The standard InChI is InChI=1S/C11H16N2O5S/c1-3-18-10(16)9-6(2)12-11(17)13-7(9)4-19-5-8(14)15/h6H,3-5H2,1-2H3,(H,14,15)(H2,12,13,17)/t6-/m1/s1. The number of esters is 1. The number of ether oxygens (including phenoxy) is 1. The number of nitrogens with one attached hydrogen (secondary N) is 2. The van der Waals surface area contributed by atoms with Crippen LogP contribution in [0.5, 0.6) is 0 Å². The third-order valence-electron chi connectivity index (χ3n) is 2.34. The SMILES string of the molecule is CCOC(=O)C1=C(CSCC(=O)O)NC(=O)N[C@@H]1C. The molecule has 1 atom stereocenters. The summed E-state index contributed by atoms with van der Waals surface area (Å²) >= 11 is 1.10. The van der Waals surface area contributed by atoms with Gasteiger partial charge in [0.05, 0.1) is 24.0 Å². The first-order valence-electron chi connectivity index (χ1n) is 5.73. The zero-order valence-corrected chi connectivity index (χ0v) is 11.5. The van der Waals surface area contributed by atoms with Crippen molar-refractivity contribution in [1.29, 1.82) is 0 Å². The minimum Gasteiger partial charge on any atom is -0.481 e. The van der Waals surface area contributed by atoms with Gasteiger partial charge in [-0.25, -0.2) is 9.59 Å². The molecule has 0 unspecified atom stereocenters. The molecule has 0 aromatic rings. The van der Waals surface area contributed by atoms with Gasteiger partial charge in [-0.3, -0.25) is 4.79 Å². The van der Waals surface area contributed by atoms with Gasteiger partial charge in [-0.1, -0.05) is 0 Å². The predicted molar refractivity (Wildman–Crippen MR) is 69.7 cm³/mol. The predicted octanol–water partition coefficient (Wildman–Crippen LogP) is 0.323. The average molecular weight is 288 g/mol. The van der Waals surface area contributed by atoms with E-state index in [9.17, 15) is 14.4 Å². The topological polar surface area (TPSA) is 105 Å². The number of hydrogen-bond donors (Lipinski definition) is 3. The number of carbonyl (C=O) groups is 3. The second kappa shape index (κ2) is 7.03. The monoisotopic (exact) mass is 288 g/mol. The third-order valence-corrected chi connectivity index (χ3v) is 3.28. The lowest BCUT2D eigenvalue weighted by Gasteiger charge is -2.26. The number of carboxylic acid groups (broad SMARTS) is 1. The lowest BCUT2D eigenvalue weighted by Crippen LogP contribution is -2.49. The summed E-state index contributed by atoms with van der Waals surface area (Å²) in [6.45, 7) is 3.60. The van der Waals surface area contributed by atoms with Crippen LogP contribution < -0.4 is 10.6 Å². The van der Waals surface area contributed by atoms with Crippen LogP contribution >= 0.6 is 11.8 Å². The largest absolute Gasteiger partial charge is 0.481 e. The van der Waals surface area contributed by atoms with E-state index < -0.39 is 24.0 Å². The number of hydrogen-bond acceptors (Lipinski definition) is 5. The molecule has 2 amide bonds. The van der Waals surface area contributed by atoms with E-state index in [-0.39, 0.29) is 18.1 Å². The number of aliphatic carboxylic acids is 1. The summed E-state index contributed by atoms with van der Waals surface area (Å²) in [6, 6.07) is -0.875. The van der Waals surface area contributed by atoms with E-state index in [0.29, 0.717) is 11.3 Å². The number of thioether (sulfide) groups is 1. The molecular formula is C11H16N2O5S. The summed E-state index contributed by atoms with van der Waals surface area (Å²) in [4.78, 5) is 33.7. The molecule has 1 aliphatic rings. The molecule has 106 valence electrons. The highest BCUT2D eigenvalue weighted by molar-refractivity contribution is 8.00. The minimum atomic E-state index is -0.948. The van der Waals surface area contributed by atoms with Crippen molar-refractivity contribution in [3.8, 4) is 0 Å². The number of urea groups is 1. The van der Waals surface area contributed by atoms with Crippen LogP contribution in [0.3, 0.4) is 0 Å². The fraction of sp³-hybridized carbons (Fsp3) is 0.545. The van der Waals surface area contributed by atoms with Crippen LogP contribution in [-0.4, -0.2) is 47.2 Å². The molecule has 0 aliphatic carbocycles. The second-order valence-electron chi connectivity index (χ2n) is 3.82. The van der Waals surface area contributed by atoms with Crippen molar-refractivity contribution >= 4 is 29.7 Å². The van der Waals surface area contributed by atoms with E-state index in [2.05, 4.69) is 10.6 Å². The van der Waals surface area contributed by atoms with Crippen molar-refractivity contribution in [3.63, 3.8) is 0 Å². The number of carbonyl (C=O) groups excluding carboxylic acids is 2. The molecule has 0 bridgehead atoms. The molecule has 0 fully saturated rings. The molecule has 0 saturated carbocycles. The Labute approximate surface area is 114 Å². The van der Waals surface area contributed by atoms with Gasteiger partial charge in [0.2, 0.25) is 0 Å². The molecule has 19 heavy (non-hydrogen) atoms. The molecular weight excluding hydrogens is 272 g/mol. The lowest BCUT2D eigenvalue weighted by molar-refractivity contribution is -0.139. The molecule has 1 heterocycles. The Morgan fingerprint density at radius 2 is 2.16 bits per heavy atom. The van der Waals surface area contributed by atoms with Crippen LogP contribution in [0.1, 0.15) is 13.8 Å². The Hall–Kier alpha value is -1.70. The number of amides is 2.